The fourth-order valence-corrected chi connectivity index (χ4v) is 3.40. The van der Waals surface area contributed by atoms with Gasteiger partial charge < -0.3 is 4.90 Å². The van der Waals surface area contributed by atoms with Crippen LogP contribution in [0.3, 0.4) is 0 Å². The van der Waals surface area contributed by atoms with E-state index in [1.165, 1.54) is 12.1 Å². The van der Waals surface area contributed by atoms with Crippen LogP contribution in [-0.4, -0.2) is 17.4 Å². The predicted molar refractivity (Wildman–Crippen MR) is 108 cm³/mol. The van der Waals surface area contributed by atoms with Gasteiger partial charge in [-0.15, -0.1) is 0 Å². The number of hydrogen-bond acceptors (Lipinski definition) is 4. The van der Waals surface area contributed by atoms with Gasteiger partial charge in [0.25, 0.3) is 0 Å². The number of nitrogens with one attached hydrogen (secondary N) is 1. The van der Waals surface area contributed by atoms with Crippen molar-refractivity contribution < 1.29 is 9.18 Å². The number of carbonyl (C=O) groups is 1. The number of fused-ring (bicyclic) bond motifs is 1. The zero-order valence-corrected chi connectivity index (χ0v) is 16.9. The van der Waals surface area contributed by atoms with Gasteiger partial charge in [-0.2, -0.15) is 5.26 Å². The van der Waals surface area contributed by atoms with Gasteiger partial charge in [-0.25, -0.2) is 9.38 Å². The lowest BCUT2D eigenvalue weighted by Crippen LogP contribution is -2.53. The SMILES string of the molecule is C[C@H](C(=O)NC1=NC2=CC=C(C#N)CC2(C)N1c1ccc(F)cc1)C(C)(C)C. The number of allylic oxidation sites excluding steroid dienone is 2. The third-order valence-corrected chi connectivity index (χ3v) is 5.62. The largest absolute Gasteiger partial charge is 0.300 e. The second kappa shape index (κ2) is 6.90. The van der Waals surface area contributed by atoms with Crippen LogP contribution in [0.25, 0.3) is 0 Å². The van der Waals surface area contributed by atoms with Crippen molar-refractivity contribution in [2.45, 2.75) is 46.6 Å². The molecule has 0 radical (unpaired) electrons. The van der Waals surface area contributed by atoms with Gasteiger partial charge in [-0.3, -0.25) is 10.1 Å². The van der Waals surface area contributed by atoms with Crippen LogP contribution in [-0.2, 0) is 4.79 Å². The summed E-state index contributed by atoms with van der Waals surface area (Å²) in [5.74, 6) is -0.305. The van der Waals surface area contributed by atoms with Gasteiger partial charge in [0, 0.05) is 23.6 Å². The van der Waals surface area contributed by atoms with Crippen LogP contribution in [0.5, 0.6) is 0 Å². The minimum atomic E-state index is -0.634. The lowest BCUT2D eigenvalue weighted by Gasteiger charge is -2.39. The Morgan fingerprint density at radius 2 is 1.96 bits per heavy atom. The minimum Gasteiger partial charge on any atom is -0.300 e. The van der Waals surface area contributed by atoms with Gasteiger partial charge in [0.2, 0.25) is 11.9 Å². The molecule has 1 aromatic carbocycles. The Labute approximate surface area is 165 Å². The average molecular weight is 380 g/mol. The fourth-order valence-electron chi connectivity index (χ4n) is 3.40. The van der Waals surface area contributed by atoms with Crippen LogP contribution in [0.4, 0.5) is 10.1 Å². The first-order valence-corrected chi connectivity index (χ1v) is 9.33. The summed E-state index contributed by atoms with van der Waals surface area (Å²) >= 11 is 0. The van der Waals surface area contributed by atoms with Crippen molar-refractivity contribution in [1.29, 1.82) is 5.26 Å². The first kappa shape index (κ1) is 19.8. The summed E-state index contributed by atoms with van der Waals surface area (Å²) in [6, 6.07) is 8.27. The summed E-state index contributed by atoms with van der Waals surface area (Å²) in [5, 5.41) is 12.3. The molecule has 5 nitrogen and oxygen atoms in total. The van der Waals surface area contributed by atoms with E-state index >= 15 is 0 Å². The molecule has 0 fully saturated rings. The Morgan fingerprint density at radius 1 is 1.32 bits per heavy atom. The fraction of sp³-hybridized carbons (Fsp3) is 0.409. The van der Waals surface area contributed by atoms with E-state index in [4.69, 9.17) is 0 Å². The monoisotopic (exact) mass is 380 g/mol. The molecule has 6 heteroatoms. The van der Waals surface area contributed by atoms with Crippen molar-refractivity contribution in [3.63, 3.8) is 0 Å². The van der Waals surface area contributed by atoms with Gasteiger partial charge in [-0.1, -0.05) is 27.7 Å². The van der Waals surface area contributed by atoms with E-state index in [2.05, 4.69) is 16.4 Å². The smallest absolute Gasteiger partial charge is 0.230 e. The number of carbonyl (C=O) groups excluding carboxylic acids is 1. The molecule has 3 rings (SSSR count). The number of nitrogens with zero attached hydrogens (tertiary/aromatic N) is 3. The van der Waals surface area contributed by atoms with E-state index in [-0.39, 0.29) is 23.1 Å². The molecule has 1 amide bonds. The third kappa shape index (κ3) is 3.45. The number of guanidine groups is 1. The standard InChI is InChI=1S/C22H25FN4O/c1-14(21(2,3)4)19(28)26-20-25-18-11-6-15(13-24)12-22(18,5)27(20)17-9-7-16(23)8-10-17/h6-11,14H,12H2,1-5H3,(H,25,26,28)/t14-,22?/m1/s1. The average Bonchev–Trinajstić information content (AvgIpc) is 2.91. The van der Waals surface area contributed by atoms with Crippen molar-refractivity contribution in [2.75, 3.05) is 4.90 Å². The molecule has 1 aromatic rings. The molecule has 1 heterocycles. The van der Waals surface area contributed by atoms with E-state index < -0.39 is 5.54 Å². The highest BCUT2D eigenvalue weighted by atomic mass is 19.1. The molecule has 0 spiro atoms. The number of rotatable bonds is 2. The molecule has 0 saturated carbocycles. The van der Waals surface area contributed by atoms with Gasteiger partial charge in [0.1, 0.15) is 5.82 Å². The van der Waals surface area contributed by atoms with Crippen LogP contribution >= 0.6 is 0 Å². The summed E-state index contributed by atoms with van der Waals surface area (Å²) in [7, 11) is 0. The second-order valence-electron chi connectivity index (χ2n) is 8.63. The van der Waals surface area contributed by atoms with Crippen LogP contribution in [0.2, 0.25) is 0 Å². The Hall–Kier alpha value is -2.94. The summed E-state index contributed by atoms with van der Waals surface area (Å²) in [6.07, 6.45) is 4.02. The van der Waals surface area contributed by atoms with E-state index in [0.29, 0.717) is 23.6 Å². The summed E-state index contributed by atoms with van der Waals surface area (Å²) < 4.78 is 13.5. The summed E-state index contributed by atoms with van der Waals surface area (Å²) in [5.41, 5.74) is 1.26. The summed E-state index contributed by atoms with van der Waals surface area (Å²) in [6.45, 7) is 9.90. The number of hydrogen-bond donors (Lipinski definition) is 1. The molecule has 1 unspecified atom stereocenters. The van der Waals surface area contributed by atoms with E-state index in [1.54, 1.807) is 18.2 Å². The molecule has 1 aliphatic carbocycles. The van der Waals surface area contributed by atoms with E-state index in [0.717, 1.165) is 5.70 Å². The molecule has 146 valence electrons. The van der Waals surface area contributed by atoms with Crippen LogP contribution < -0.4 is 10.2 Å². The topological polar surface area (TPSA) is 68.5 Å². The van der Waals surface area contributed by atoms with Crippen molar-refractivity contribution in [3.05, 3.63) is 53.5 Å². The van der Waals surface area contributed by atoms with Gasteiger partial charge in [0.05, 0.1) is 17.3 Å². The summed E-state index contributed by atoms with van der Waals surface area (Å²) in [4.78, 5) is 19.4. The van der Waals surface area contributed by atoms with E-state index in [9.17, 15) is 14.4 Å². The molecular weight excluding hydrogens is 355 g/mol. The third-order valence-electron chi connectivity index (χ3n) is 5.62. The first-order valence-electron chi connectivity index (χ1n) is 9.33. The highest BCUT2D eigenvalue weighted by molar-refractivity contribution is 6.09. The Morgan fingerprint density at radius 3 is 2.54 bits per heavy atom. The quantitative estimate of drug-likeness (QED) is 0.832. The maximum absolute atomic E-state index is 13.5. The highest BCUT2D eigenvalue weighted by Crippen LogP contribution is 2.42. The molecule has 2 atom stereocenters. The predicted octanol–water partition coefficient (Wildman–Crippen LogP) is 4.30. The number of nitriles is 1. The molecule has 2 aliphatic rings. The molecule has 0 bridgehead atoms. The molecule has 0 saturated heterocycles. The van der Waals surface area contributed by atoms with Gasteiger partial charge in [0.15, 0.2) is 0 Å². The van der Waals surface area contributed by atoms with Crippen LogP contribution in [0.15, 0.2) is 52.7 Å². The lowest BCUT2D eigenvalue weighted by molar-refractivity contribution is -0.126. The number of anilines is 1. The maximum Gasteiger partial charge on any atom is 0.230 e. The zero-order valence-electron chi connectivity index (χ0n) is 16.9. The zero-order chi connectivity index (χ0) is 20.7. The van der Waals surface area contributed by atoms with Crippen molar-refractivity contribution in [1.82, 2.24) is 5.32 Å². The molecule has 1 N–H and O–H groups in total. The van der Waals surface area contributed by atoms with Crippen molar-refractivity contribution >= 4 is 17.6 Å². The first-order chi connectivity index (χ1) is 13.1. The highest BCUT2D eigenvalue weighted by Gasteiger charge is 2.46. The normalized spacial score (nSPS) is 22.5. The molecule has 28 heavy (non-hydrogen) atoms. The van der Waals surface area contributed by atoms with Gasteiger partial charge in [-0.05, 0) is 48.8 Å². The Kier molecular flexibility index (Phi) is 4.88. The number of amides is 1. The maximum atomic E-state index is 13.5. The number of aliphatic imine (C=N–C) groups is 1. The molecular formula is C22H25FN4O. The van der Waals surface area contributed by atoms with Crippen molar-refractivity contribution in [3.8, 4) is 6.07 Å². The van der Waals surface area contributed by atoms with Crippen LogP contribution in [0.1, 0.15) is 41.0 Å². The van der Waals surface area contributed by atoms with E-state index in [1.807, 2.05) is 45.6 Å². The second-order valence-corrected chi connectivity index (χ2v) is 8.63. The number of benzene rings is 1. The molecule has 0 aromatic heterocycles. The number of halogens is 1. The lowest BCUT2D eigenvalue weighted by atomic mass is 9.81. The Bertz CT molecular complexity index is 931. The molecule has 1 aliphatic heterocycles. The Balaban J connectivity index is 2.02. The van der Waals surface area contributed by atoms with Gasteiger partial charge >= 0.3 is 0 Å². The van der Waals surface area contributed by atoms with Crippen LogP contribution in [0, 0.1) is 28.5 Å². The minimum absolute atomic E-state index is 0.130. The van der Waals surface area contributed by atoms with Crippen molar-refractivity contribution in [2.24, 2.45) is 16.3 Å².